The third kappa shape index (κ3) is 3.09. The first-order valence-electron chi connectivity index (χ1n) is 5.71. The summed E-state index contributed by atoms with van der Waals surface area (Å²) in [6, 6.07) is 4.25. The number of nitrogens with zero attached hydrogens (tertiary/aromatic N) is 1. The van der Waals surface area contributed by atoms with Crippen LogP contribution in [0.3, 0.4) is 0 Å². The SMILES string of the molecule is CC(Nc1ccnc(Cl)c1)C1CCOCC1. The van der Waals surface area contributed by atoms with Crippen LogP contribution in [0.4, 0.5) is 5.69 Å². The highest BCUT2D eigenvalue weighted by atomic mass is 35.5. The molecule has 16 heavy (non-hydrogen) atoms. The maximum absolute atomic E-state index is 5.84. The highest BCUT2D eigenvalue weighted by Gasteiger charge is 2.20. The summed E-state index contributed by atoms with van der Waals surface area (Å²) in [5.41, 5.74) is 1.04. The molecule has 0 aliphatic carbocycles. The van der Waals surface area contributed by atoms with E-state index in [1.807, 2.05) is 12.1 Å². The molecule has 0 amide bonds. The Morgan fingerprint density at radius 1 is 1.50 bits per heavy atom. The summed E-state index contributed by atoms with van der Waals surface area (Å²) in [5, 5.41) is 4.00. The van der Waals surface area contributed by atoms with E-state index >= 15 is 0 Å². The van der Waals surface area contributed by atoms with E-state index in [0.29, 0.717) is 17.1 Å². The Morgan fingerprint density at radius 2 is 2.25 bits per heavy atom. The van der Waals surface area contributed by atoms with E-state index in [4.69, 9.17) is 16.3 Å². The quantitative estimate of drug-likeness (QED) is 0.825. The largest absolute Gasteiger partial charge is 0.382 e. The van der Waals surface area contributed by atoms with Crippen LogP contribution >= 0.6 is 11.6 Å². The number of aromatic nitrogens is 1. The number of pyridine rings is 1. The lowest BCUT2D eigenvalue weighted by molar-refractivity contribution is 0.0622. The van der Waals surface area contributed by atoms with Crippen LogP contribution in [0, 0.1) is 5.92 Å². The lowest BCUT2D eigenvalue weighted by Crippen LogP contribution is -2.30. The van der Waals surface area contributed by atoms with Gasteiger partial charge in [0.1, 0.15) is 5.15 Å². The first kappa shape index (κ1) is 11.7. The van der Waals surface area contributed by atoms with Crippen LogP contribution in [-0.2, 0) is 4.74 Å². The molecule has 0 aromatic carbocycles. The summed E-state index contributed by atoms with van der Waals surface area (Å²) in [6.07, 6.45) is 3.99. The second-order valence-electron chi connectivity index (χ2n) is 4.25. The van der Waals surface area contributed by atoms with Gasteiger partial charge in [0.15, 0.2) is 0 Å². The molecular weight excluding hydrogens is 224 g/mol. The van der Waals surface area contributed by atoms with Crippen LogP contribution in [0.2, 0.25) is 5.15 Å². The van der Waals surface area contributed by atoms with Gasteiger partial charge in [-0.2, -0.15) is 0 Å². The molecule has 1 atom stereocenters. The van der Waals surface area contributed by atoms with Gasteiger partial charge in [-0.15, -0.1) is 0 Å². The number of nitrogens with one attached hydrogen (secondary N) is 1. The van der Waals surface area contributed by atoms with Gasteiger partial charge in [0.2, 0.25) is 0 Å². The topological polar surface area (TPSA) is 34.2 Å². The maximum Gasteiger partial charge on any atom is 0.131 e. The monoisotopic (exact) mass is 240 g/mol. The minimum absolute atomic E-state index is 0.447. The van der Waals surface area contributed by atoms with E-state index < -0.39 is 0 Å². The predicted octanol–water partition coefficient (Wildman–Crippen LogP) is 2.96. The van der Waals surface area contributed by atoms with Gasteiger partial charge in [-0.05, 0) is 37.8 Å². The molecule has 1 aromatic rings. The van der Waals surface area contributed by atoms with E-state index in [2.05, 4.69) is 17.2 Å². The number of rotatable bonds is 3. The van der Waals surface area contributed by atoms with Crippen molar-refractivity contribution >= 4 is 17.3 Å². The van der Waals surface area contributed by atoms with Crippen LogP contribution < -0.4 is 5.32 Å². The number of hydrogen-bond acceptors (Lipinski definition) is 3. The zero-order chi connectivity index (χ0) is 11.4. The molecule has 1 N–H and O–H groups in total. The Morgan fingerprint density at radius 3 is 2.94 bits per heavy atom. The molecule has 1 aliphatic rings. The molecule has 0 bridgehead atoms. The lowest BCUT2D eigenvalue weighted by Gasteiger charge is -2.29. The van der Waals surface area contributed by atoms with E-state index in [9.17, 15) is 0 Å². The van der Waals surface area contributed by atoms with Crippen LogP contribution in [0.25, 0.3) is 0 Å². The van der Waals surface area contributed by atoms with E-state index in [0.717, 1.165) is 31.7 Å². The van der Waals surface area contributed by atoms with Crippen molar-refractivity contribution < 1.29 is 4.74 Å². The van der Waals surface area contributed by atoms with Crippen molar-refractivity contribution in [1.29, 1.82) is 0 Å². The normalized spacial score (nSPS) is 19.4. The third-order valence-corrected chi connectivity index (χ3v) is 3.30. The molecule has 1 aliphatic heterocycles. The fraction of sp³-hybridized carbons (Fsp3) is 0.583. The Hall–Kier alpha value is -0.800. The van der Waals surface area contributed by atoms with Gasteiger partial charge in [0, 0.05) is 31.1 Å². The number of hydrogen-bond donors (Lipinski definition) is 1. The first-order chi connectivity index (χ1) is 7.75. The van der Waals surface area contributed by atoms with E-state index in [-0.39, 0.29) is 0 Å². The number of ether oxygens (including phenoxy) is 1. The second kappa shape index (κ2) is 5.51. The summed E-state index contributed by atoms with van der Waals surface area (Å²) in [6.45, 7) is 3.98. The summed E-state index contributed by atoms with van der Waals surface area (Å²) in [5.74, 6) is 0.681. The minimum atomic E-state index is 0.447. The summed E-state index contributed by atoms with van der Waals surface area (Å²) < 4.78 is 5.36. The van der Waals surface area contributed by atoms with Crippen molar-refractivity contribution in [1.82, 2.24) is 4.98 Å². The number of anilines is 1. The maximum atomic E-state index is 5.84. The van der Waals surface area contributed by atoms with Gasteiger partial charge < -0.3 is 10.1 Å². The molecule has 2 heterocycles. The Bertz CT molecular complexity index is 340. The van der Waals surface area contributed by atoms with Gasteiger partial charge in [0.05, 0.1) is 0 Å². The second-order valence-corrected chi connectivity index (χ2v) is 4.64. The molecule has 1 unspecified atom stereocenters. The molecule has 4 heteroatoms. The fourth-order valence-corrected chi connectivity index (χ4v) is 2.26. The molecule has 3 nitrogen and oxygen atoms in total. The third-order valence-electron chi connectivity index (χ3n) is 3.09. The van der Waals surface area contributed by atoms with Crippen molar-refractivity contribution in [3.8, 4) is 0 Å². The summed E-state index contributed by atoms with van der Waals surface area (Å²) >= 11 is 5.84. The van der Waals surface area contributed by atoms with Crippen molar-refractivity contribution in [2.45, 2.75) is 25.8 Å². The van der Waals surface area contributed by atoms with Gasteiger partial charge >= 0.3 is 0 Å². The van der Waals surface area contributed by atoms with Gasteiger partial charge in [-0.25, -0.2) is 4.98 Å². The Labute approximate surface area is 101 Å². The molecule has 88 valence electrons. The average Bonchev–Trinajstić information content (AvgIpc) is 2.30. The average molecular weight is 241 g/mol. The number of halogens is 1. The highest BCUT2D eigenvalue weighted by Crippen LogP contribution is 2.22. The molecular formula is C12H17ClN2O. The smallest absolute Gasteiger partial charge is 0.131 e. The molecule has 1 aromatic heterocycles. The fourth-order valence-electron chi connectivity index (χ4n) is 2.09. The lowest BCUT2D eigenvalue weighted by atomic mass is 9.93. The summed E-state index contributed by atoms with van der Waals surface area (Å²) in [4.78, 5) is 3.97. The van der Waals surface area contributed by atoms with E-state index in [1.54, 1.807) is 6.20 Å². The van der Waals surface area contributed by atoms with Gasteiger partial charge in [-0.1, -0.05) is 11.6 Å². The molecule has 2 rings (SSSR count). The molecule has 0 saturated carbocycles. The van der Waals surface area contributed by atoms with Crippen LogP contribution in [0.1, 0.15) is 19.8 Å². The first-order valence-corrected chi connectivity index (χ1v) is 6.09. The van der Waals surface area contributed by atoms with Crippen molar-refractivity contribution in [2.24, 2.45) is 5.92 Å². The van der Waals surface area contributed by atoms with Gasteiger partial charge in [0.25, 0.3) is 0 Å². The van der Waals surface area contributed by atoms with Crippen LogP contribution in [0.5, 0.6) is 0 Å². The highest BCUT2D eigenvalue weighted by molar-refractivity contribution is 6.29. The molecule has 1 fully saturated rings. The summed E-state index contributed by atoms with van der Waals surface area (Å²) in [7, 11) is 0. The van der Waals surface area contributed by atoms with Gasteiger partial charge in [-0.3, -0.25) is 0 Å². The zero-order valence-electron chi connectivity index (χ0n) is 9.45. The van der Waals surface area contributed by atoms with E-state index in [1.165, 1.54) is 0 Å². The van der Waals surface area contributed by atoms with Crippen LogP contribution in [-0.4, -0.2) is 24.2 Å². The Kier molecular flexibility index (Phi) is 4.02. The Balaban J connectivity index is 1.93. The molecule has 1 saturated heterocycles. The standard InChI is InChI=1S/C12H17ClN2O/c1-9(10-3-6-16-7-4-10)15-11-2-5-14-12(13)8-11/h2,5,8-10H,3-4,6-7H2,1H3,(H,14,15). The van der Waals surface area contributed by atoms with Crippen molar-refractivity contribution in [2.75, 3.05) is 18.5 Å². The zero-order valence-corrected chi connectivity index (χ0v) is 10.2. The predicted molar refractivity (Wildman–Crippen MR) is 65.9 cm³/mol. The van der Waals surface area contributed by atoms with Crippen LogP contribution in [0.15, 0.2) is 18.3 Å². The minimum Gasteiger partial charge on any atom is -0.382 e. The van der Waals surface area contributed by atoms with Crippen molar-refractivity contribution in [3.63, 3.8) is 0 Å². The van der Waals surface area contributed by atoms with Crippen molar-refractivity contribution in [3.05, 3.63) is 23.5 Å². The molecule has 0 spiro atoms. The molecule has 0 radical (unpaired) electrons.